The summed E-state index contributed by atoms with van der Waals surface area (Å²) in [6.45, 7) is 1.35. The number of benzene rings is 2. The molecule has 1 fully saturated rings. The fourth-order valence-electron chi connectivity index (χ4n) is 3.76. The second-order valence-corrected chi connectivity index (χ2v) is 9.82. The average molecular weight is 454 g/mol. The zero-order valence-electron chi connectivity index (χ0n) is 16.7. The van der Waals surface area contributed by atoms with Gasteiger partial charge in [-0.15, -0.1) is 0 Å². The van der Waals surface area contributed by atoms with Crippen LogP contribution >= 0.6 is 0 Å². The van der Waals surface area contributed by atoms with E-state index in [0.717, 1.165) is 29.5 Å². The third-order valence-corrected chi connectivity index (χ3v) is 6.82. The zero-order chi connectivity index (χ0) is 22.4. The molecule has 166 valence electrons. The predicted octanol–water partition coefficient (Wildman–Crippen LogP) is 3.27. The molecule has 0 atom stereocenters. The standard InChI is InChI=1S/C21H21F3N2O4S/c1-31(28,29)26-12-16(13-26)20(27)25-9-8-14-2-5-19(10-15(14)11-25)30-18-6-3-17(4-7-18)21(22,23)24/h2-7,10,16H,8-9,11-13H2,1H3. The smallest absolute Gasteiger partial charge is 0.416 e. The van der Waals surface area contributed by atoms with Crippen molar-refractivity contribution in [1.29, 1.82) is 0 Å². The van der Waals surface area contributed by atoms with E-state index >= 15 is 0 Å². The Labute approximate surface area is 178 Å². The van der Waals surface area contributed by atoms with E-state index in [1.165, 1.54) is 16.4 Å². The van der Waals surface area contributed by atoms with E-state index in [0.29, 0.717) is 25.3 Å². The molecule has 0 radical (unpaired) electrons. The third-order valence-electron chi connectivity index (χ3n) is 5.59. The maximum Gasteiger partial charge on any atom is 0.416 e. The molecule has 2 heterocycles. The highest BCUT2D eigenvalue weighted by atomic mass is 32.2. The molecular formula is C21H21F3N2O4S. The molecule has 0 unspecified atom stereocenters. The van der Waals surface area contributed by atoms with Crippen molar-refractivity contribution >= 4 is 15.9 Å². The van der Waals surface area contributed by atoms with Crippen LogP contribution in [0.2, 0.25) is 0 Å². The highest BCUT2D eigenvalue weighted by Gasteiger charge is 2.40. The number of amides is 1. The lowest BCUT2D eigenvalue weighted by Crippen LogP contribution is -2.56. The second kappa shape index (κ2) is 7.83. The Kier molecular flexibility index (Phi) is 5.47. The van der Waals surface area contributed by atoms with Crippen molar-refractivity contribution in [2.24, 2.45) is 5.92 Å². The van der Waals surface area contributed by atoms with Gasteiger partial charge in [0.2, 0.25) is 15.9 Å². The topological polar surface area (TPSA) is 66.9 Å². The summed E-state index contributed by atoms with van der Waals surface area (Å²) in [6, 6.07) is 9.90. The highest BCUT2D eigenvalue weighted by molar-refractivity contribution is 7.88. The predicted molar refractivity (Wildman–Crippen MR) is 107 cm³/mol. The molecule has 2 aliphatic rings. The third kappa shape index (κ3) is 4.69. The summed E-state index contributed by atoms with van der Waals surface area (Å²) in [5.74, 6) is 0.356. The van der Waals surface area contributed by atoms with Gasteiger partial charge >= 0.3 is 6.18 Å². The number of fused-ring (bicyclic) bond motifs is 1. The van der Waals surface area contributed by atoms with Crippen molar-refractivity contribution < 1.29 is 31.1 Å². The van der Waals surface area contributed by atoms with Crippen molar-refractivity contribution in [1.82, 2.24) is 9.21 Å². The maximum absolute atomic E-state index is 12.7. The maximum atomic E-state index is 12.7. The molecule has 2 aromatic carbocycles. The van der Waals surface area contributed by atoms with Crippen LogP contribution in [0, 0.1) is 5.92 Å². The number of nitrogens with zero attached hydrogens (tertiary/aromatic N) is 2. The van der Waals surface area contributed by atoms with E-state index in [9.17, 15) is 26.4 Å². The number of carbonyl (C=O) groups excluding carboxylic acids is 1. The quantitative estimate of drug-likeness (QED) is 0.711. The Morgan fingerprint density at radius 3 is 2.29 bits per heavy atom. The van der Waals surface area contributed by atoms with Gasteiger partial charge in [-0.25, -0.2) is 12.7 Å². The summed E-state index contributed by atoms with van der Waals surface area (Å²) in [7, 11) is -3.27. The van der Waals surface area contributed by atoms with Gasteiger partial charge in [0.05, 0.1) is 17.7 Å². The molecule has 2 aromatic rings. The SMILES string of the molecule is CS(=O)(=O)N1CC(C(=O)N2CCc3ccc(Oc4ccc(C(F)(F)F)cc4)cc3C2)C1. The number of halogens is 3. The summed E-state index contributed by atoms with van der Waals surface area (Å²) < 4.78 is 68.1. The van der Waals surface area contributed by atoms with Crippen LogP contribution < -0.4 is 4.74 Å². The second-order valence-electron chi connectivity index (χ2n) is 7.84. The van der Waals surface area contributed by atoms with Crippen LogP contribution in [0.4, 0.5) is 13.2 Å². The van der Waals surface area contributed by atoms with Crippen molar-refractivity contribution in [2.75, 3.05) is 25.9 Å². The summed E-state index contributed by atoms with van der Waals surface area (Å²) in [5.41, 5.74) is 1.24. The number of hydrogen-bond donors (Lipinski definition) is 0. The molecule has 0 N–H and O–H groups in total. The number of rotatable bonds is 4. The number of alkyl halides is 3. The lowest BCUT2D eigenvalue weighted by Gasteiger charge is -2.40. The number of sulfonamides is 1. The minimum atomic E-state index is -4.40. The molecular weight excluding hydrogens is 433 g/mol. The molecule has 0 bridgehead atoms. The van der Waals surface area contributed by atoms with E-state index in [1.807, 2.05) is 6.07 Å². The first kappa shape index (κ1) is 21.6. The van der Waals surface area contributed by atoms with Gasteiger partial charge in [0, 0.05) is 26.2 Å². The zero-order valence-corrected chi connectivity index (χ0v) is 17.5. The van der Waals surface area contributed by atoms with Gasteiger partial charge in [0.25, 0.3) is 0 Å². The van der Waals surface area contributed by atoms with E-state index in [1.54, 1.807) is 17.0 Å². The average Bonchev–Trinajstić information content (AvgIpc) is 2.65. The Bertz CT molecular complexity index is 1090. The Morgan fingerprint density at radius 2 is 1.68 bits per heavy atom. The monoisotopic (exact) mass is 454 g/mol. The molecule has 1 amide bonds. The molecule has 0 aromatic heterocycles. The molecule has 10 heteroatoms. The van der Waals surface area contributed by atoms with E-state index in [-0.39, 0.29) is 30.7 Å². The van der Waals surface area contributed by atoms with Gasteiger partial charge in [-0.05, 0) is 53.9 Å². The molecule has 0 saturated carbocycles. The van der Waals surface area contributed by atoms with E-state index in [4.69, 9.17) is 4.74 Å². The lowest BCUT2D eigenvalue weighted by molar-refractivity contribution is -0.140. The normalized spacial score (nSPS) is 17.7. The molecule has 4 rings (SSSR count). The Morgan fingerprint density at radius 1 is 1.03 bits per heavy atom. The molecule has 6 nitrogen and oxygen atoms in total. The largest absolute Gasteiger partial charge is 0.457 e. The van der Waals surface area contributed by atoms with Gasteiger partial charge in [-0.2, -0.15) is 13.2 Å². The van der Waals surface area contributed by atoms with Crippen molar-refractivity contribution in [3.05, 3.63) is 59.2 Å². The van der Waals surface area contributed by atoms with Crippen molar-refractivity contribution in [3.8, 4) is 11.5 Å². The van der Waals surface area contributed by atoms with Crippen LogP contribution in [0.15, 0.2) is 42.5 Å². The molecule has 2 aliphatic heterocycles. The van der Waals surface area contributed by atoms with Gasteiger partial charge in [-0.3, -0.25) is 4.79 Å². The first-order chi connectivity index (χ1) is 14.5. The van der Waals surface area contributed by atoms with Gasteiger partial charge in [-0.1, -0.05) is 6.07 Å². The van der Waals surface area contributed by atoms with Crippen LogP contribution in [-0.4, -0.2) is 49.4 Å². The lowest BCUT2D eigenvalue weighted by atomic mass is 9.96. The summed E-state index contributed by atoms with van der Waals surface area (Å²) in [6.07, 6.45) is -2.60. The van der Waals surface area contributed by atoms with Gasteiger partial charge in [0.15, 0.2) is 0 Å². The first-order valence-electron chi connectivity index (χ1n) is 9.71. The van der Waals surface area contributed by atoms with Gasteiger partial charge in [0.1, 0.15) is 11.5 Å². The van der Waals surface area contributed by atoms with Crippen molar-refractivity contribution in [2.45, 2.75) is 19.1 Å². The van der Waals surface area contributed by atoms with Crippen LogP contribution in [-0.2, 0) is 34.0 Å². The Hall–Kier alpha value is -2.59. The number of ether oxygens (including phenoxy) is 1. The number of hydrogen-bond acceptors (Lipinski definition) is 4. The molecule has 31 heavy (non-hydrogen) atoms. The van der Waals surface area contributed by atoms with E-state index in [2.05, 4.69) is 0 Å². The van der Waals surface area contributed by atoms with Crippen LogP contribution in [0.5, 0.6) is 11.5 Å². The summed E-state index contributed by atoms with van der Waals surface area (Å²) in [5, 5.41) is 0. The number of carbonyl (C=O) groups is 1. The van der Waals surface area contributed by atoms with E-state index < -0.39 is 21.8 Å². The van der Waals surface area contributed by atoms with Crippen LogP contribution in [0.25, 0.3) is 0 Å². The Balaban J connectivity index is 1.42. The summed E-state index contributed by atoms with van der Waals surface area (Å²) in [4.78, 5) is 14.4. The molecule has 0 aliphatic carbocycles. The van der Waals surface area contributed by atoms with Crippen LogP contribution in [0.1, 0.15) is 16.7 Å². The van der Waals surface area contributed by atoms with Gasteiger partial charge < -0.3 is 9.64 Å². The minimum Gasteiger partial charge on any atom is -0.457 e. The fraction of sp³-hybridized carbons (Fsp3) is 0.381. The first-order valence-corrected chi connectivity index (χ1v) is 11.6. The fourth-order valence-corrected chi connectivity index (χ4v) is 4.66. The summed E-state index contributed by atoms with van der Waals surface area (Å²) >= 11 is 0. The van der Waals surface area contributed by atoms with Crippen molar-refractivity contribution in [3.63, 3.8) is 0 Å². The minimum absolute atomic E-state index is 0.0698. The molecule has 0 spiro atoms. The molecule has 1 saturated heterocycles. The van der Waals surface area contributed by atoms with Crippen LogP contribution in [0.3, 0.4) is 0 Å². The highest BCUT2D eigenvalue weighted by Crippen LogP contribution is 2.33.